The Hall–Kier alpha value is -3.43. The van der Waals surface area contributed by atoms with Gasteiger partial charge in [0, 0.05) is 39.0 Å². The number of aliphatic hydroxyl groups is 1. The van der Waals surface area contributed by atoms with Gasteiger partial charge in [-0.25, -0.2) is 9.59 Å². The van der Waals surface area contributed by atoms with Crippen molar-refractivity contribution in [2.45, 2.75) is 31.0 Å². The van der Waals surface area contributed by atoms with Crippen molar-refractivity contribution in [1.82, 2.24) is 10.6 Å². The Kier molecular flexibility index (Phi) is 8.39. The number of carbonyl (C=O) groups is 3. The number of rotatable bonds is 11. The molecule has 0 spiro atoms. The fourth-order valence-corrected chi connectivity index (χ4v) is 3.88. The van der Waals surface area contributed by atoms with E-state index in [1.165, 1.54) is 7.11 Å². The van der Waals surface area contributed by atoms with E-state index in [0.717, 1.165) is 22.3 Å². The van der Waals surface area contributed by atoms with Gasteiger partial charge in [0.15, 0.2) is 6.10 Å². The first-order valence-electron chi connectivity index (χ1n) is 10.7. The second kappa shape index (κ2) is 11.4. The van der Waals surface area contributed by atoms with Gasteiger partial charge in [0.1, 0.15) is 12.7 Å². The van der Waals surface area contributed by atoms with Gasteiger partial charge in [-0.1, -0.05) is 48.5 Å². The normalized spacial score (nSPS) is 14.0. The monoisotopic (exact) mass is 456 g/mol. The molecule has 0 heterocycles. The van der Waals surface area contributed by atoms with Gasteiger partial charge in [-0.3, -0.25) is 4.79 Å². The molecule has 0 aromatic heterocycles. The number of methoxy groups -OCH3 is 1. The second-order valence-electron chi connectivity index (χ2n) is 7.70. The number of carboxylic acids is 1. The molecule has 0 aliphatic heterocycles. The van der Waals surface area contributed by atoms with E-state index >= 15 is 0 Å². The van der Waals surface area contributed by atoms with Crippen LogP contribution in [0.2, 0.25) is 0 Å². The molecule has 0 bridgehead atoms. The Morgan fingerprint density at radius 1 is 0.939 bits per heavy atom. The van der Waals surface area contributed by atoms with Crippen molar-refractivity contribution < 1.29 is 34.1 Å². The Bertz CT molecular complexity index is 949. The van der Waals surface area contributed by atoms with Gasteiger partial charge in [0.05, 0.1) is 0 Å². The van der Waals surface area contributed by atoms with Gasteiger partial charge in [0.25, 0.3) is 0 Å². The van der Waals surface area contributed by atoms with Crippen LogP contribution in [0.25, 0.3) is 11.1 Å². The number of amides is 2. The maximum Gasteiger partial charge on any atom is 0.407 e. The zero-order valence-electron chi connectivity index (χ0n) is 18.3. The summed E-state index contributed by atoms with van der Waals surface area (Å²) in [5.41, 5.74) is 4.53. The molecule has 0 radical (unpaired) electrons. The lowest BCUT2D eigenvalue weighted by Gasteiger charge is -2.17. The lowest BCUT2D eigenvalue weighted by atomic mass is 9.98. The number of aliphatic hydroxyl groups excluding tert-OH is 1. The molecular formula is C24H28N2O7. The van der Waals surface area contributed by atoms with Crippen LogP contribution in [0.15, 0.2) is 48.5 Å². The first-order valence-corrected chi connectivity index (χ1v) is 10.7. The molecule has 0 saturated heterocycles. The molecular weight excluding hydrogens is 428 g/mol. The number of alkyl carbamates (subject to hydrolysis) is 1. The summed E-state index contributed by atoms with van der Waals surface area (Å²) in [7, 11) is 1.36. The van der Waals surface area contributed by atoms with E-state index in [4.69, 9.17) is 14.6 Å². The van der Waals surface area contributed by atoms with E-state index in [0.29, 0.717) is 0 Å². The summed E-state index contributed by atoms with van der Waals surface area (Å²) >= 11 is 0. The third kappa shape index (κ3) is 6.09. The highest BCUT2D eigenvalue weighted by atomic mass is 16.5. The zero-order chi connectivity index (χ0) is 23.8. The van der Waals surface area contributed by atoms with Crippen LogP contribution >= 0.6 is 0 Å². The summed E-state index contributed by atoms with van der Waals surface area (Å²) in [6.45, 7) is 0.340. The molecule has 9 nitrogen and oxygen atoms in total. The van der Waals surface area contributed by atoms with E-state index in [1.807, 2.05) is 36.4 Å². The van der Waals surface area contributed by atoms with Gasteiger partial charge >= 0.3 is 12.1 Å². The number of hydrogen-bond donors (Lipinski definition) is 4. The third-order valence-corrected chi connectivity index (χ3v) is 5.60. The highest BCUT2D eigenvalue weighted by Gasteiger charge is 2.29. The molecule has 2 unspecified atom stereocenters. The lowest BCUT2D eigenvalue weighted by Crippen LogP contribution is -2.40. The molecule has 2 atom stereocenters. The summed E-state index contributed by atoms with van der Waals surface area (Å²) in [4.78, 5) is 34.9. The number of fused-ring (bicyclic) bond motifs is 3. The number of ether oxygens (including phenoxy) is 2. The molecule has 176 valence electrons. The first-order chi connectivity index (χ1) is 15.9. The van der Waals surface area contributed by atoms with Gasteiger partial charge in [0.2, 0.25) is 5.91 Å². The molecule has 0 fully saturated rings. The fraction of sp³-hybridized carbons (Fsp3) is 0.375. The van der Waals surface area contributed by atoms with Crippen LogP contribution in [0.5, 0.6) is 0 Å². The van der Waals surface area contributed by atoms with Crippen molar-refractivity contribution in [2.75, 3.05) is 26.8 Å². The maximum absolute atomic E-state index is 12.2. The SMILES string of the molecule is COC(CCNC(=O)OCC1c2ccccc2-c2ccccc21)C(=O)NCCC(O)C(=O)O. The van der Waals surface area contributed by atoms with Crippen LogP contribution < -0.4 is 10.6 Å². The number of hydrogen-bond acceptors (Lipinski definition) is 6. The van der Waals surface area contributed by atoms with Crippen LogP contribution in [0.4, 0.5) is 4.79 Å². The summed E-state index contributed by atoms with van der Waals surface area (Å²) in [6, 6.07) is 16.1. The third-order valence-electron chi connectivity index (χ3n) is 5.60. The standard InChI is InChI=1S/C24H28N2O7/c1-32-21(22(28)25-12-10-20(27)23(29)30)11-13-26-24(31)33-14-19-17-8-4-2-6-15(17)16-7-3-5-9-18(16)19/h2-9,19-21,27H,10-14H2,1H3,(H,25,28)(H,26,31)(H,29,30). The number of carbonyl (C=O) groups excluding carboxylic acids is 2. The minimum Gasteiger partial charge on any atom is -0.479 e. The summed E-state index contributed by atoms with van der Waals surface area (Å²) in [5, 5.41) is 23.0. The Balaban J connectivity index is 1.43. The first kappa shape index (κ1) is 24.2. The lowest BCUT2D eigenvalue weighted by molar-refractivity contribution is -0.147. The topological polar surface area (TPSA) is 134 Å². The smallest absolute Gasteiger partial charge is 0.407 e. The van der Waals surface area contributed by atoms with Gasteiger partial charge < -0.3 is 30.3 Å². The average molecular weight is 456 g/mol. The van der Waals surface area contributed by atoms with E-state index in [9.17, 15) is 19.5 Å². The van der Waals surface area contributed by atoms with Crippen molar-refractivity contribution in [3.05, 3.63) is 59.7 Å². The predicted octanol–water partition coefficient (Wildman–Crippen LogP) is 1.88. The molecule has 3 rings (SSSR count). The van der Waals surface area contributed by atoms with Crippen molar-refractivity contribution in [3.63, 3.8) is 0 Å². The predicted molar refractivity (Wildman–Crippen MR) is 120 cm³/mol. The van der Waals surface area contributed by atoms with Crippen LogP contribution in [0, 0.1) is 0 Å². The highest BCUT2D eigenvalue weighted by Crippen LogP contribution is 2.44. The van der Waals surface area contributed by atoms with E-state index < -0.39 is 30.2 Å². The number of carboxylic acid groups (broad SMARTS) is 1. The molecule has 1 aliphatic carbocycles. The van der Waals surface area contributed by atoms with Crippen molar-refractivity contribution in [3.8, 4) is 11.1 Å². The van der Waals surface area contributed by atoms with Crippen LogP contribution in [0.1, 0.15) is 29.9 Å². The molecule has 4 N–H and O–H groups in total. The molecule has 2 aromatic rings. The van der Waals surface area contributed by atoms with Crippen molar-refractivity contribution >= 4 is 18.0 Å². The van der Waals surface area contributed by atoms with Crippen LogP contribution in [-0.2, 0) is 19.1 Å². The fourth-order valence-electron chi connectivity index (χ4n) is 3.88. The number of aliphatic carboxylic acids is 1. The summed E-state index contributed by atoms with van der Waals surface area (Å²) < 4.78 is 10.6. The quantitative estimate of drug-likeness (QED) is 0.406. The van der Waals surface area contributed by atoms with Gasteiger partial charge in [-0.2, -0.15) is 0 Å². The molecule has 2 amide bonds. The molecule has 33 heavy (non-hydrogen) atoms. The van der Waals surface area contributed by atoms with Gasteiger partial charge in [-0.05, 0) is 22.3 Å². The Labute approximate surface area is 191 Å². The number of nitrogens with one attached hydrogen (secondary N) is 2. The number of benzene rings is 2. The summed E-state index contributed by atoms with van der Waals surface area (Å²) in [5.74, 6) is -1.84. The summed E-state index contributed by atoms with van der Waals surface area (Å²) in [6.07, 6.45) is -2.87. The molecule has 0 saturated carbocycles. The van der Waals surface area contributed by atoms with Gasteiger partial charge in [-0.15, -0.1) is 0 Å². The minimum atomic E-state index is -1.54. The Morgan fingerprint density at radius 2 is 1.52 bits per heavy atom. The van der Waals surface area contributed by atoms with E-state index in [1.54, 1.807) is 0 Å². The highest BCUT2D eigenvalue weighted by molar-refractivity contribution is 5.81. The maximum atomic E-state index is 12.2. The zero-order valence-corrected chi connectivity index (χ0v) is 18.3. The average Bonchev–Trinajstić information content (AvgIpc) is 3.14. The van der Waals surface area contributed by atoms with E-state index in [2.05, 4.69) is 22.8 Å². The molecule has 1 aliphatic rings. The van der Waals surface area contributed by atoms with Crippen LogP contribution in [-0.4, -0.2) is 67.2 Å². The van der Waals surface area contributed by atoms with Crippen LogP contribution in [0.3, 0.4) is 0 Å². The minimum absolute atomic E-state index is 0.00797. The molecule has 9 heteroatoms. The largest absolute Gasteiger partial charge is 0.479 e. The molecule has 2 aromatic carbocycles. The Morgan fingerprint density at radius 3 is 2.09 bits per heavy atom. The van der Waals surface area contributed by atoms with E-state index in [-0.39, 0.29) is 38.5 Å². The van der Waals surface area contributed by atoms with Crippen molar-refractivity contribution in [2.24, 2.45) is 0 Å². The van der Waals surface area contributed by atoms with Crippen molar-refractivity contribution in [1.29, 1.82) is 0 Å². The second-order valence-corrected chi connectivity index (χ2v) is 7.70.